The fourth-order valence-corrected chi connectivity index (χ4v) is 4.22. The molecule has 0 spiro atoms. The van der Waals surface area contributed by atoms with Gasteiger partial charge in [0.2, 0.25) is 12.5 Å². The maximum absolute atomic E-state index is 9.75. The van der Waals surface area contributed by atoms with Gasteiger partial charge in [-0.05, 0) is 36.7 Å². The number of oxime groups is 1. The topological polar surface area (TPSA) is 72.8 Å². The van der Waals surface area contributed by atoms with E-state index in [4.69, 9.17) is 18.9 Å². The molecule has 4 rings (SSSR count). The lowest BCUT2D eigenvalue weighted by Gasteiger charge is -2.36. The molecule has 2 aromatic rings. The van der Waals surface area contributed by atoms with Crippen molar-refractivity contribution in [3.63, 3.8) is 0 Å². The fourth-order valence-electron chi connectivity index (χ4n) is 4.22. The van der Waals surface area contributed by atoms with E-state index in [9.17, 15) is 5.21 Å². The van der Waals surface area contributed by atoms with Crippen molar-refractivity contribution in [2.45, 2.75) is 25.3 Å². The number of nitrogens with zero attached hydrogens (tertiary/aromatic N) is 2. The summed E-state index contributed by atoms with van der Waals surface area (Å²) in [5.41, 5.74) is 3.92. The normalized spacial score (nSPS) is 18.4. The van der Waals surface area contributed by atoms with Gasteiger partial charge in [-0.1, -0.05) is 23.4 Å². The Bertz CT molecular complexity index is 928. The standard InChI is InChI=1S/C22H26N2O5/c1-24-9-8-15-11-19-21(29-13-28-19)22(27-3)20(15)17(24)12-16(23-25)10-14-6-4-5-7-18(14)26-2/h4-7,11,17,25H,8-10,12-13H2,1-3H3/b23-16-/t17-/m0/s1. The summed E-state index contributed by atoms with van der Waals surface area (Å²) < 4.78 is 22.4. The molecule has 0 saturated carbocycles. The summed E-state index contributed by atoms with van der Waals surface area (Å²) in [5, 5.41) is 13.4. The number of ether oxygens (including phenoxy) is 4. The van der Waals surface area contributed by atoms with Crippen molar-refractivity contribution in [3.05, 3.63) is 47.0 Å². The predicted molar refractivity (Wildman–Crippen MR) is 109 cm³/mol. The molecule has 2 heterocycles. The van der Waals surface area contributed by atoms with Gasteiger partial charge in [-0.2, -0.15) is 0 Å². The molecule has 0 fully saturated rings. The van der Waals surface area contributed by atoms with E-state index in [0.29, 0.717) is 30.1 Å². The molecular formula is C22H26N2O5. The summed E-state index contributed by atoms with van der Waals surface area (Å²) in [7, 11) is 5.38. The zero-order valence-corrected chi connectivity index (χ0v) is 17.0. The lowest BCUT2D eigenvalue weighted by atomic mass is 9.87. The van der Waals surface area contributed by atoms with E-state index in [1.807, 2.05) is 24.3 Å². The number of rotatable bonds is 6. The number of fused-ring (bicyclic) bond motifs is 2. The molecule has 0 amide bonds. The Morgan fingerprint density at radius 2 is 2.07 bits per heavy atom. The molecule has 0 unspecified atom stereocenters. The monoisotopic (exact) mass is 398 g/mol. The predicted octanol–water partition coefficient (Wildman–Crippen LogP) is 3.42. The molecule has 2 aromatic carbocycles. The second-order valence-corrected chi connectivity index (χ2v) is 7.32. The van der Waals surface area contributed by atoms with E-state index in [2.05, 4.69) is 23.2 Å². The summed E-state index contributed by atoms with van der Waals surface area (Å²) in [4.78, 5) is 2.26. The first-order valence-corrected chi connectivity index (χ1v) is 9.67. The van der Waals surface area contributed by atoms with Crippen LogP contribution in [0.25, 0.3) is 0 Å². The molecule has 0 radical (unpaired) electrons. The molecule has 0 aliphatic carbocycles. The highest BCUT2D eigenvalue weighted by molar-refractivity contribution is 5.87. The smallest absolute Gasteiger partial charge is 0.231 e. The van der Waals surface area contributed by atoms with Crippen LogP contribution in [0.3, 0.4) is 0 Å². The van der Waals surface area contributed by atoms with Gasteiger partial charge >= 0.3 is 0 Å². The first-order valence-electron chi connectivity index (χ1n) is 9.67. The Morgan fingerprint density at radius 3 is 2.83 bits per heavy atom. The zero-order valence-electron chi connectivity index (χ0n) is 17.0. The Morgan fingerprint density at radius 1 is 1.24 bits per heavy atom. The number of benzene rings is 2. The van der Waals surface area contributed by atoms with Crippen molar-refractivity contribution in [2.75, 3.05) is 34.6 Å². The van der Waals surface area contributed by atoms with E-state index in [-0.39, 0.29) is 12.8 Å². The minimum atomic E-state index is 0.00353. The van der Waals surface area contributed by atoms with E-state index >= 15 is 0 Å². The van der Waals surface area contributed by atoms with Crippen LogP contribution < -0.4 is 18.9 Å². The van der Waals surface area contributed by atoms with Crippen molar-refractivity contribution in [3.8, 4) is 23.0 Å². The minimum Gasteiger partial charge on any atom is -0.496 e. The van der Waals surface area contributed by atoms with Crippen molar-refractivity contribution < 1.29 is 24.2 Å². The molecule has 29 heavy (non-hydrogen) atoms. The van der Waals surface area contributed by atoms with Gasteiger partial charge < -0.3 is 24.2 Å². The maximum atomic E-state index is 9.75. The molecule has 1 N–H and O–H groups in total. The van der Waals surface area contributed by atoms with Gasteiger partial charge in [0.1, 0.15) is 5.75 Å². The van der Waals surface area contributed by atoms with Crippen molar-refractivity contribution in [1.29, 1.82) is 0 Å². The van der Waals surface area contributed by atoms with Gasteiger partial charge in [0, 0.05) is 31.0 Å². The van der Waals surface area contributed by atoms with Crippen LogP contribution in [0.1, 0.15) is 29.2 Å². The number of likely N-dealkylation sites (N-methyl/N-ethyl adjacent to an activating group) is 1. The average molecular weight is 398 g/mol. The van der Waals surface area contributed by atoms with Crippen LogP contribution in [0, 0.1) is 0 Å². The third kappa shape index (κ3) is 3.58. The molecule has 0 bridgehead atoms. The molecule has 2 aliphatic heterocycles. The van der Waals surface area contributed by atoms with Crippen LogP contribution in [0.5, 0.6) is 23.0 Å². The lowest BCUT2D eigenvalue weighted by Crippen LogP contribution is -2.34. The van der Waals surface area contributed by atoms with E-state index in [0.717, 1.165) is 35.6 Å². The number of methoxy groups -OCH3 is 2. The molecule has 7 heteroatoms. The Hall–Kier alpha value is -2.93. The first-order chi connectivity index (χ1) is 14.2. The molecule has 0 aromatic heterocycles. The van der Waals surface area contributed by atoms with Gasteiger partial charge in [-0.25, -0.2) is 0 Å². The van der Waals surface area contributed by atoms with E-state index < -0.39 is 0 Å². The van der Waals surface area contributed by atoms with Crippen LogP contribution >= 0.6 is 0 Å². The SMILES string of the molecule is COc1ccccc1C/C(C[C@H]1c2c(cc3c(c2OC)OCO3)CCN1C)=N/O. The Balaban J connectivity index is 1.67. The highest BCUT2D eigenvalue weighted by Crippen LogP contribution is 2.50. The van der Waals surface area contributed by atoms with Gasteiger partial charge in [0.15, 0.2) is 11.5 Å². The van der Waals surface area contributed by atoms with Gasteiger partial charge in [-0.3, -0.25) is 4.90 Å². The summed E-state index contributed by atoms with van der Waals surface area (Å²) in [5.74, 6) is 2.88. The quantitative estimate of drug-likeness (QED) is 0.457. The van der Waals surface area contributed by atoms with Crippen molar-refractivity contribution >= 4 is 5.71 Å². The van der Waals surface area contributed by atoms with Gasteiger partial charge in [0.05, 0.1) is 19.9 Å². The average Bonchev–Trinajstić information content (AvgIpc) is 3.22. The Kier molecular flexibility index (Phi) is 5.49. The summed E-state index contributed by atoms with van der Waals surface area (Å²) in [6.45, 7) is 1.10. The maximum Gasteiger partial charge on any atom is 0.231 e. The van der Waals surface area contributed by atoms with Crippen molar-refractivity contribution in [2.24, 2.45) is 5.16 Å². The van der Waals surface area contributed by atoms with Crippen LogP contribution in [0.2, 0.25) is 0 Å². The van der Waals surface area contributed by atoms with Crippen LogP contribution in [0.15, 0.2) is 35.5 Å². The largest absolute Gasteiger partial charge is 0.496 e. The van der Waals surface area contributed by atoms with Gasteiger partial charge in [-0.15, -0.1) is 0 Å². The third-order valence-electron chi connectivity index (χ3n) is 5.70. The second kappa shape index (κ2) is 8.21. The summed E-state index contributed by atoms with van der Waals surface area (Å²) >= 11 is 0. The third-order valence-corrected chi connectivity index (χ3v) is 5.70. The molecule has 2 aliphatic rings. The highest BCUT2D eigenvalue weighted by atomic mass is 16.7. The van der Waals surface area contributed by atoms with E-state index in [1.54, 1.807) is 14.2 Å². The van der Waals surface area contributed by atoms with Crippen LogP contribution in [-0.2, 0) is 12.8 Å². The van der Waals surface area contributed by atoms with Crippen LogP contribution in [-0.4, -0.2) is 50.4 Å². The second-order valence-electron chi connectivity index (χ2n) is 7.32. The number of para-hydroxylation sites is 1. The van der Waals surface area contributed by atoms with Gasteiger partial charge in [0.25, 0.3) is 0 Å². The summed E-state index contributed by atoms with van der Waals surface area (Å²) in [6, 6.07) is 9.84. The molecule has 7 nitrogen and oxygen atoms in total. The first kappa shape index (κ1) is 19.4. The lowest BCUT2D eigenvalue weighted by molar-refractivity contribution is 0.170. The number of hydrogen-bond acceptors (Lipinski definition) is 7. The molecule has 154 valence electrons. The molecule has 0 saturated heterocycles. The molecule has 1 atom stereocenters. The number of hydrogen-bond donors (Lipinski definition) is 1. The molecular weight excluding hydrogens is 372 g/mol. The summed E-state index contributed by atoms with van der Waals surface area (Å²) in [6.07, 6.45) is 1.97. The Labute approximate surface area is 170 Å². The van der Waals surface area contributed by atoms with Crippen LogP contribution in [0.4, 0.5) is 0 Å². The van der Waals surface area contributed by atoms with E-state index in [1.165, 1.54) is 5.56 Å². The highest BCUT2D eigenvalue weighted by Gasteiger charge is 2.34. The van der Waals surface area contributed by atoms with Crippen molar-refractivity contribution in [1.82, 2.24) is 4.90 Å². The minimum absolute atomic E-state index is 0.00353. The fraction of sp³-hybridized carbons (Fsp3) is 0.409. The zero-order chi connectivity index (χ0) is 20.4.